The van der Waals surface area contributed by atoms with Gasteiger partial charge in [0, 0.05) is 5.48 Å². The number of nitrogens with two attached hydrogens (primary N) is 1. The van der Waals surface area contributed by atoms with Crippen LogP contribution in [-0.2, 0) is 6.37 Å². The first kappa shape index (κ1) is 4.86. The highest BCUT2D eigenvalue weighted by molar-refractivity contribution is 9.10. The summed E-state index contributed by atoms with van der Waals surface area (Å²) in [5.41, 5.74) is 4.86. The van der Waals surface area contributed by atoms with Gasteiger partial charge in [-0.3, -0.25) is 0 Å². The maximum atomic E-state index is 7.84. The normalized spacial score (nSPS) is 20.4. The number of hydrogen-bond donors (Lipinski definition) is 1. The molecule has 0 saturated heterocycles. The van der Waals surface area contributed by atoms with Gasteiger partial charge in [-0.25, -0.2) is 0 Å². The van der Waals surface area contributed by atoms with Crippen LogP contribution in [0, 0.1) is 0 Å². The van der Waals surface area contributed by atoms with Crippen molar-refractivity contribution in [2.24, 2.45) is 5.73 Å². The summed E-state index contributed by atoms with van der Waals surface area (Å²) in [7, 11) is -1.49. The van der Waals surface area contributed by atoms with Gasteiger partial charge in [-0.1, -0.05) is 0 Å². The van der Waals surface area contributed by atoms with Crippen LogP contribution >= 0.6 is 15.9 Å². The molecular weight excluding hydrogens is 246 g/mol. The first-order valence-corrected chi connectivity index (χ1v) is 4.45. The van der Waals surface area contributed by atoms with E-state index in [0.29, 0.717) is 4.47 Å². The average molecular weight is 267 g/mol. The van der Waals surface area contributed by atoms with E-state index in [4.69, 9.17) is 24.8 Å². The first-order chi connectivity index (χ1) is 9.29. The van der Waals surface area contributed by atoms with Gasteiger partial charge in [0.15, 0.2) is 0 Å². The molecule has 0 aliphatic carbocycles. The maximum absolute atomic E-state index is 7.84. The minimum atomic E-state index is -2.82. The van der Waals surface area contributed by atoms with E-state index in [1.165, 1.54) is 13.2 Å². The standard InChI is InChI=1S/C10H14BrNO2/c1-13-9-6-8(11)10(14-2)5-7(9)3-4-12/h5-6H,3-4,12H2,1-2H3/i1D3,3D2,4D2. The van der Waals surface area contributed by atoms with Crippen molar-refractivity contribution >= 4 is 15.9 Å². The summed E-state index contributed by atoms with van der Waals surface area (Å²) in [6.07, 6.45) is -2.69. The summed E-state index contributed by atoms with van der Waals surface area (Å²) in [5, 5.41) is 0. The second-order valence-electron chi connectivity index (χ2n) is 2.35. The Hall–Kier alpha value is -0.740. The van der Waals surface area contributed by atoms with Crippen LogP contribution < -0.4 is 15.2 Å². The molecule has 0 aliphatic rings. The molecule has 78 valence electrons. The van der Waals surface area contributed by atoms with Gasteiger partial charge < -0.3 is 15.2 Å². The summed E-state index contributed by atoms with van der Waals surface area (Å²) in [6, 6.07) is 2.35. The molecule has 0 fully saturated rings. The summed E-state index contributed by atoms with van der Waals surface area (Å²) < 4.78 is 61.9. The number of rotatable bonds is 4. The molecular formula is C10H14BrNO2. The minimum Gasteiger partial charge on any atom is -0.496 e. The highest BCUT2D eigenvalue weighted by Gasteiger charge is 2.08. The Morgan fingerprint density at radius 2 is 2.29 bits per heavy atom. The number of halogens is 1. The molecule has 0 amide bonds. The van der Waals surface area contributed by atoms with Gasteiger partial charge in [0.05, 0.1) is 22.7 Å². The van der Waals surface area contributed by atoms with E-state index >= 15 is 0 Å². The van der Waals surface area contributed by atoms with Gasteiger partial charge in [0.1, 0.15) is 11.5 Å². The zero-order valence-electron chi connectivity index (χ0n) is 14.4. The van der Waals surface area contributed by atoms with E-state index in [9.17, 15) is 0 Å². The van der Waals surface area contributed by atoms with Crippen molar-refractivity contribution in [3.8, 4) is 11.5 Å². The molecule has 4 heteroatoms. The van der Waals surface area contributed by atoms with Gasteiger partial charge in [-0.2, -0.15) is 0 Å². The fourth-order valence-corrected chi connectivity index (χ4v) is 1.44. The Balaban J connectivity index is 3.53. The van der Waals surface area contributed by atoms with Crippen LogP contribution in [0.2, 0.25) is 0 Å². The van der Waals surface area contributed by atoms with Crippen LogP contribution in [0.1, 0.15) is 15.2 Å². The second kappa shape index (κ2) is 5.22. The van der Waals surface area contributed by atoms with Gasteiger partial charge in [-0.15, -0.1) is 0 Å². The highest BCUT2D eigenvalue weighted by atomic mass is 79.9. The molecule has 0 bridgehead atoms. The largest absolute Gasteiger partial charge is 0.496 e. The van der Waals surface area contributed by atoms with Gasteiger partial charge in [0.2, 0.25) is 0 Å². The fourth-order valence-electron chi connectivity index (χ4n) is 0.951. The van der Waals surface area contributed by atoms with Crippen LogP contribution in [0.3, 0.4) is 0 Å². The van der Waals surface area contributed by atoms with Gasteiger partial charge in [0.25, 0.3) is 0 Å². The Bertz CT molecular complexity index is 527. The van der Waals surface area contributed by atoms with Crippen molar-refractivity contribution in [1.29, 1.82) is 0 Å². The number of ether oxygens (including phenoxy) is 2. The summed E-state index contributed by atoms with van der Waals surface area (Å²) in [6.45, 7) is -2.75. The molecule has 1 rings (SSSR count). The Labute approximate surface area is 102 Å². The molecule has 14 heavy (non-hydrogen) atoms. The molecule has 0 aliphatic heterocycles. The summed E-state index contributed by atoms with van der Waals surface area (Å²) in [5.74, 6) is -0.155. The number of benzene rings is 1. The highest BCUT2D eigenvalue weighted by Crippen LogP contribution is 2.32. The monoisotopic (exact) mass is 266 g/mol. The molecule has 1 aromatic rings. The van der Waals surface area contributed by atoms with E-state index < -0.39 is 19.9 Å². The lowest BCUT2D eigenvalue weighted by Crippen LogP contribution is -2.04. The molecule has 0 aromatic heterocycles. The molecule has 2 N–H and O–H groups in total. The lowest BCUT2D eigenvalue weighted by molar-refractivity contribution is 0.397. The Morgan fingerprint density at radius 1 is 1.50 bits per heavy atom. The SMILES string of the molecule is [2H]C([2H])([2H])Oc1cc(Br)c(OC)cc1C([2H])([2H])C([2H])([2H])N. The number of hydrogen-bond acceptors (Lipinski definition) is 3. The lowest BCUT2D eigenvalue weighted by Gasteiger charge is -2.11. The number of methoxy groups -OCH3 is 2. The first-order valence-electron chi connectivity index (χ1n) is 7.15. The van der Waals surface area contributed by atoms with Crippen LogP contribution in [0.25, 0.3) is 0 Å². The van der Waals surface area contributed by atoms with Crippen LogP contribution in [-0.4, -0.2) is 20.6 Å². The topological polar surface area (TPSA) is 44.5 Å². The summed E-state index contributed by atoms with van der Waals surface area (Å²) in [4.78, 5) is 0. The minimum absolute atomic E-state index is 0.191. The van der Waals surface area contributed by atoms with Crippen molar-refractivity contribution in [2.45, 2.75) is 6.37 Å². The van der Waals surface area contributed by atoms with Crippen molar-refractivity contribution in [3.05, 3.63) is 22.2 Å². The summed E-state index contributed by atoms with van der Waals surface area (Å²) >= 11 is 3.13. The van der Waals surface area contributed by atoms with Crippen molar-refractivity contribution in [1.82, 2.24) is 0 Å². The van der Waals surface area contributed by atoms with E-state index in [-0.39, 0.29) is 17.1 Å². The molecule has 0 radical (unpaired) electrons. The molecule has 0 spiro atoms. The molecule has 1 aromatic carbocycles. The zero-order chi connectivity index (χ0) is 16.6. The third-order valence-corrected chi connectivity index (χ3v) is 2.19. The molecule has 0 heterocycles. The second-order valence-corrected chi connectivity index (χ2v) is 3.21. The lowest BCUT2D eigenvalue weighted by atomic mass is 10.1. The van der Waals surface area contributed by atoms with E-state index in [0.717, 1.165) is 6.07 Å². The Kier molecular flexibility index (Phi) is 1.81. The molecule has 0 saturated carbocycles. The van der Waals surface area contributed by atoms with Crippen LogP contribution in [0.15, 0.2) is 16.6 Å². The maximum Gasteiger partial charge on any atom is 0.133 e. The predicted octanol–water partition coefficient (Wildman–Crippen LogP) is 1.97. The number of aryl methyl sites for hydroxylation is 1. The molecule has 0 atom stereocenters. The third kappa shape index (κ3) is 2.39. The fraction of sp³-hybridized carbons (Fsp3) is 0.400. The average Bonchev–Trinajstić information content (AvgIpc) is 2.25. The van der Waals surface area contributed by atoms with E-state index in [1.54, 1.807) is 0 Å². The van der Waals surface area contributed by atoms with Crippen molar-refractivity contribution in [2.75, 3.05) is 20.6 Å². The van der Waals surface area contributed by atoms with Gasteiger partial charge in [-0.05, 0) is 46.5 Å². The van der Waals surface area contributed by atoms with E-state index in [1.807, 2.05) is 0 Å². The predicted molar refractivity (Wildman–Crippen MR) is 60.0 cm³/mol. The third-order valence-electron chi connectivity index (χ3n) is 1.57. The smallest absolute Gasteiger partial charge is 0.133 e. The van der Waals surface area contributed by atoms with Crippen LogP contribution in [0.5, 0.6) is 11.5 Å². The Morgan fingerprint density at radius 3 is 2.86 bits per heavy atom. The van der Waals surface area contributed by atoms with Crippen LogP contribution in [0.4, 0.5) is 0 Å². The van der Waals surface area contributed by atoms with E-state index in [2.05, 4.69) is 15.9 Å². The van der Waals surface area contributed by atoms with Crippen molar-refractivity contribution in [3.63, 3.8) is 0 Å². The molecule has 0 unspecified atom stereocenters. The zero-order valence-corrected chi connectivity index (χ0v) is 9.01. The quantitative estimate of drug-likeness (QED) is 0.907. The van der Waals surface area contributed by atoms with Crippen molar-refractivity contribution < 1.29 is 19.1 Å². The molecule has 3 nitrogen and oxygen atoms in total. The van der Waals surface area contributed by atoms with Gasteiger partial charge >= 0.3 is 0 Å².